The summed E-state index contributed by atoms with van der Waals surface area (Å²) in [6, 6.07) is 0. The summed E-state index contributed by atoms with van der Waals surface area (Å²) in [5.41, 5.74) is 0. The predicted molar refractivity (Wildman–Crippen MR) is 94.2 cm³/mol. The average Bonchev–Trinajstić information content (AvgIpc) is 3.09. The number of rotatable bonds is 10. The zero-order valence-corrected chi connectivity index (χ0v) is 18.8. The maximum absolute atomic E-state index is 14.8. The fraction of sp³-hybridized carbons (Fsp3) is 0.750. The molecule has 1 saturated heterocycles. The minimum Gasteiger partial charge on any atom is -0.550 e. The summed E-state index contributed by atoms with van der Waals surface area (Å²) in [6.07, 6.45) is -0.0612. The van der Waals surface area contributed by atoms with Crippen LogP contribution < -0.4 is 34.7 Å². The Morgan fingerprint density at radius 2 is 2.07 bits per heavy atom. The van der Waals surface area contributed by atoms with Crippen LogP contribution in [-0.2, 0) is 9.53 Å². The van der Waals surface area contributed by atoms with Crippen molar-refractivity contribution in [3.8, 4) is 0 Å². The van der Waals surface area contributed by atoms with E-state index in [1.54, 1.807) is 6.92 Å². The molecule has 2 rings (SSSR count). The van der Waals surface area contributed by atoms with E-state index in [-0.39, 0.29) is 55.2 Å². The molecule has 1 unspecified atom stereocenters. The number of carbonyl (C=O) groups excluding carboxylic acids is 1. The fourth-order valence-corrected chi connectivity index (χ4v) is 3.89. The Morgan fingerprint density at radius 1 is 1.38 bits per heavy atom. The van der Waals surface area contributed by atoms with Crippen LogP contribution in [-0.4, -0.2) is 52.7 Å². The molecule has 0 amide bonds. The van der Waals surface area contributed by atoms with Crippen molar-refractivity contribution in [3.63, 3.8) is 0 Å². The first kappa shape index (κ1) is 26.7. The molecule has 160 valence electrons. The van der Waals surface area contributed by atoms with Gasteiger partial charge >= 0.3 is 29.6 Å². The first-order chi connectivity index (χ1) is 13.2. The normalized spacial score (nSPS) is 33.2. The number of carboxylic acid groups (broad SMARTS) is 1. The number of unbranched alkanes of at least 4 members (excludes halogenated alkanes) is 1. The number of allylic oxidation sites excluding steroid dienone is 1. The third kappa shape index (κ3) is 7.08. The topological polar surface area (TPSA) is 89.8 Å². The number of carboxylic acids is 1. The van der Waals surface area contributed by atoms with Crippen molar-refractivity contribution >= 4 is 5.97 Å². The Balaban J connectivity index is 0.00000420. The molecule has 1 saturated carbocycles. The van der Waals surface area contributed by atoms with Gasteiger partial charge in [-0.25, -0.2) is 13.2 Å². The third-order valence-corrected chi connectivity index (χ3v) is 5.46. The zero-order chi connectivity index (χ0) is 20.9. The molecule has 0 spiro atoms. The van der Waals surface area contributed by atoms with Gasteiger partial charge in [0, 0.05) is 30.6 Å². The quantitative estimate of drug-likeness (QED) is 0.342. The standard InChI is InChI=1S/C20H29F3O5.Na/c1-2-3-10-20(22,23)16(25)9-8-12-13(24)11-15-18(12)19(21)14(28-15)6-4-5-7-17(26)27;/h4,6,8-9,12-16,18-19,24-25H,2-3,5,7,10-11H2,1H3,(H,26,27);/q;+1/p-1/b6-4+,9-8+;/t12-,13+,14+,15+,16+,18+,19?;/m0./s1. The number of aliphatic hydroxyl groups is 2. The SMILES string of the molecule is CCCCC(F)(F)[C@H](O)/C=C/[C@@H]1[C@H]2C(F)[C@@H](/C=C/CCC(=O)[O-])O[C@@H]2C[C@H]1O.[Na+]. The van der Waals surface area contributed by atoms with Gasteiger partial charge in [-0.2, -0.15) is 0 Å². The van der Waals surface area contributed by atoms with Crippen molar-refractivity contribution in [2.45, 2.75) is 82.0 Å². The van der Waals surface area contributed by atoms with Crippen LogP contribution in [0.5, 0.6) is 0 Å². The Kier molecular flexibility index (Phi) is 10.9. The van der Waals surface area contributed by atoms with Crippen molar-refractivity contribution in [3.05, 3.63) is 24.3 Å². The van der Waals surface area contributed by atoms with E-state index in [1.807, 2.05) is 0 Å². The second-order valence-electron chi connectivity index (χ2n) is 7.57. The molecule has 1 heterocycles. The van der Waals surface area contributed by atoms with Crippen LogP contribution in [0.2, 0.25) is 0 Å². The molecule has 1 aliphatic carbocycles. The maximum atomic E-state index is 14.8. The number of aliphatic hydroxyl groups excluding tert-OH is 2. The van der Waals surface area contributed by atoms with E-state index in [2.05, 4.69) is 0 Å². The molecule has 7 atom stereocenters. The summed E-state index contributed by atoms with van der Waals surface area (Å²) >= 11 is 0. The van der Waals surface area contributed by atoms with Gasteiger partial charge in [0.15, 0.2) is 0 Å². The Bertz CT molecular complexity index is 586. The van der Waals surface area contributed by atoms with Crippen LogP contribution in [0.3, 0.4) is 0 Å². The van der Waals surface area contributed by atoms with Gasteiger partial charge in [-0.15, -0.1) is 0 Å². The van der Waals surface area contributed by atoms with Crippen LogP contribution in [0.4, 0.5) is 13.2 Å². The molecule has 9 heteroatoms. The molecule has 1 aliphatic heterocycles. The van der Waals surface area contributed by atoms with Crippen LogP contribution in [0.25, 0.3) is 0 Å². The van der Waals surface area contributed by atoms with Crippen molar-refractivity contribution in [1.82, 2.24) is 0 Å². The molecule has 5 nitrogen and oxygen atoms in total. The predicted octanol–water partition coefficient (Wildman–Crippen LogP) is -1.08. The van der Waals surface area contributed by atoms with E-state index < -0.39 is 60.7 Å². The van der Waals surface area contributed by atoms with Crippen LogP contribution >= 0.6 is 0 Å². The number of halogens is 3. The number of hydrogen-bond acceptors (Lipinski definition) is 5. The van der Waals surface area contributed by atoms with Gasteiger partial charge in [-0.3, -0.25) is 0 Å². The molecule has 0 radical (unpaired) electrons. The molecule has 0 aromatic rings. The Hall–Kier alpha value is -0.380. The second kappa shape index (κ2) is 11.9. The zero-order valence-electron chi connectivity index (χ0n) is 16.8. The number of aliphatic carboxylic acids is 1. The number of carbonyl (C=O) groups is 1. The van der Waals surface area contributed by atoms with Crippen LogP contribution in [0.15, 0.2) is 24.3 Å². The smallest absolute Gasteiger partial charge is 0.550 e. The first-order valence-corrected chi connectivity index (χ1v) is 9.75. The average molecular weight is 428 g/mol. The molecule has 0 aromatic carbocycles. The largest absolute Gasteiger partial charge is 1.00 e. The summed E-state index contributed by atoms with van der Waals surface area (Å²) in [5.74, 6) is -5.92. The number of fused-ring (bicyclic) bond motifs is 1. The van der Waals surface area contributed by atoms with Gasteiger partial charge < -0.3 is 24.9 Å². The van der Waals surface area contributed by atoms with Gasteiger partial charge in [-0.1, -0.05) is 37.6 Å². The molecule has 2 N–H and O–H groups in total. The summed E-state index contributed by atoms with van der Waals surface area (Å²) in [7, 11) is 0. The summed E-state index contributed by atoms with van der Waals surface area (Å²) < 4.78 is 48.2. The maximum Gasteiger partial charge on any atom is 1.00 e. The van der Waals surface area contributed by atoms with E-state index in [1.165, 1.54) is 18.2 Å². The van der Waals surface area contributed by atoms with Gasteiger partial charge in [0.25, 0.3) is 5.92 Å². The second-order valence-corrected chi connectivity index (χ2v) is 7.57. The Labute approximate surface area is 191 Å². The first-order valence-electron chi connectivity index (χ1n) is 9.75. The molecule has 0 aromatic heterocycles. The van der Waals surface area contributed by atoms with Crippen molar-refractivity contribution < 1.29 is 67.6 Å². The van der Waals surface area contributed by atoms with Gasteiger partial charge in [0.2, 0.25) is 0 Å². The molecule has 0 bridgehead atoms. The van der Waals surface area contributed by atoms with E-state index >= 15 is 0 Å². The minimum atomic E-state index is -3.28. The number of ether oxygens (including phenoxy) is 1. The van der Waals surface area contributed by atoms with Gasteiger partial charge in [0.05, 0.1) is 12.2 Å². The summed E-state index contributed by atoms with van der Waals surface area (Å²) in [6.45, 7) is 1.78. The molecular formula is C20H28F3NaO5. The van der Waals surface area contributed by atoms with E-state index in [0.717, 1.165) is 6.08 Å². The summed E-state index contributed by atoms with van der Waals surface area (Å²) in [4.78, 5) is 10.4. The van der Waals surface area contributed by atoms with Crippen molar-refractivity contribution in [2.24, 2.45) is 11.8 Å². The number of hydrogen-bond donors (Lipinski definition) is 2. The third-order valence-electron chi connectivity index (χ3n) is 5.46. The fourth-order valence-electron chi connectivity index (χ4n) is 3.89. The van der Waals surface area contributed by atoms with Crippen LogP contribution in [0.1, 0.15) is 45.4 Å². The van der Waals surface area contributed by atoms with Crippen molar-refractivity contribution in [2.75, 3.05) is 0 Å². The monoisotopic (exact) mass is 428 g/mol. The van der Waals surface area contributed by atoms with E-state index in [0.29, 0.717) is 6.42 Å². The van der Waals surface area contributed by atoms with Crippen LogP contribution in [0, 0.1) is 11.8 Å². The molecule has 2 fully saturated rings. The minimum absolute atomic E-state index is 0. The van der Waals surface area contributed by atoms with Gasteiger partial charge in [-0.05, 0) is 19.3 Å². The Morgan fingerprint density at radius 3 is 2.69 bits per heavy atom. The van der Waals surface area contributed by atoms with Crippen molar-refractivity contribution in [1.29, 1.82) is 0 Å². The molecular weight excluding hydrogens is 400 g/mol. The molecule has 29 heavy (non-hydrogen) atoms. The van der Waals surface area contributed by atoms with E-state index in [9.17, 15) is 33.3 Å². The number of alkyl halides is 3. The van der Waals surface area contributed by atoms with E-state index in [4.69, 9.17) is 4.74 Å². The van der Waals surface area contributed by atoms with Gasteiger partial charge in [0.1, 0.15) is 18.4 Å². The molecule has 2 aliphatic rings. The summed E-state index contributed by atoms with van der Waals surface area (Å²) in [5, 5.41) is 30.4.